The summed E-state index contributed by atoms with van der Waals surface area (Å²) in [5.74, 6) is 0.373. The second-order valence-electron chi connectivity index (χ2n) is 3.84. The predicted octanol–water partition coefficient (Wildman–Crippen LogP) is 1.79. The summed E-state index contributed by atoms with van der Waals surface area (Å²) in [7, 11) is 2.97. The van der Waals surface area contributed by atoms with Crippen molar-refractivity contribution in [2.75, 3.05) is 14.2 Å². The van der Waals surface area contributed by atoms with E-state index in [9.17, 15) is 4.39 Å². The first-order chi connectivity index (χ1) is 7.10. The van der Waals surface area contributed by atoms with Gasteiger partial charge in [0.25, 0.3) is 0 Å². The molecule has 3 nitrogen and oxygen atoms in total. The minimum atomic E-state index is -0.404. The lowest BCUT2D eigenvalue weighted by atomic mass is 10.0. The van der Waals surface area contributed by atoms with Gasteiger partial charge >= 0.3 is 0 Å². The number of benzene rings is 1. The number of halogens is 1. The van der Waals surface area contributed by atoms with Crippen LogP contribution in [0.5, 0.6) is 11.5 Å². The molecule has 15 heavy (non-hydrogen) atoms. The second-order valence-corrected chi connectivity index (χ2v) is 3.84. The van der Waals surface area contributed by atoms with E-state index in [4.69, 9.17) is 15.2 Å². The smallest absolute Gasteiger partial charge is 0.165 e. The Balaban J connectivity index is 2.50. The van der Waals surface area contributed by atoms with Crippen molar-refractivity contribution in [1.82, 2.24) is 0 Å². The maximum atomic E-state index is 13.5. The zero-order valence-corrected chi connectivity index (χ0v) is 8.84. The lowest BCUT2D eigenvalue weighted by Crippen LogP contribution is -2.20. The molecule has 82 valence electrons. The SMILES string of the molecule is COc1cc(OC)c(C2(N)CC2)cc1F. The summed E-state index contributed by atoms with van der Waals surface area (Å²) >= 11 is 0. The van der Waals surface area contributed by atoms with E-state index >= 15 is 0 Å². The van der Waals surface area contributed by atoms with Crippen LogP contribution in [0.15, 0.2) is 12.1 Å². The maximum absolute atomic E-state index is 13.5. The summed E-state index contributed by atoms with van der Waals surface area (Å²) in [6.45, 7) is 0. The summed E-state index contributed by atoms with van der Waals surface area (Å²) in [5.41, 5.74) is 6.34. The third-order valence-corrected chi connectivity index (χ3v) is 2.80. The molecule has 0 atom stereocenters. The van der Waals surface area contributed by atoms with E-state index in [1.54, 1.807) is 7.11 Å². The molecule has 0 aromatic heterocycles. The molecular formula is C11H14FNO2. The maximum Gasteiger partial charge on any atom is 0.165 e. The summed E-state index contributed by atoms with van der Waals surface area (Å²) in [6.07, 6.45) is 1.74. The van der Waals surface area contributed by atoms with Gasteiger partial charge in [-0.2, -0.15) is 0 Å². The van der Waals surface area contributed by atoms with Crippen LogP contribution in [0, 0.1) is 5.82 Å². The van der Waals surface area contributed by atoms with Crippen molar-refractivity contribution in [2.24, 2.45) is 5.73 Å². The topological polar surface area (TPSA) is 44.5 Å². The van der Waals surface area contributed by atoms with Gasteiger partial charge in [-0.3, -0.25) is 0 Å². The number of ether oxygens (including phenoxy) is 2. The zero-order valence-electron chi connectivity index (χ0n) is 8.84. The number of rotatable bonds is 3. The van der Waals surface area contributed by atoms with E-state index in [1.165, 1.54) is 19.2 Å². The minimum absolute atomic E-state index is 0.180. The van der Waals surface area contributed by atoms with E-state index in [2.05, 4.69) is 0 Å². The van der Waals surface area contributed by atoms with Crippen LogP contribution in [0.2, 0.25) is 0 Å². The number of nitrogens with two attached hydrogens (primary N) is 1. The first kappa shape index (κ1) is 10.2. The highest BCUT2D eigenvalue weighted by Crippen LogP contribution is 2.47. The molecule has 1 aliphatic carbocycles. The van der Waals surface area contributed by atoms with Crippen LogP contribution in [0.4, 0.5) is 4.39 Å². The second kappa shape index (κ2) is 3.38. The Kier molecular flexibility index (Phi) is 2.31. The summed E-state index contributed by atoms with van der Waals surface area (Å²) in [5, 5.41) is 0. The van der Waals surface area contributed by atoms with E-state index in [1.807, 2.05) is 0 Å². The average Bonchev–Trinajstić information content (AvgIpc) is 2.97. The molecule has 0 amide bonds. The summed E-state index contributed by atoms with van der Waals surface area (Å²) < 4.78 is 23.6. The highest BCUT2D eigenvalue weighted by molar-refractivity contribution is 5.47. The average molecular weight is 211 g/mol. The van der Waals surface area contributed by atoms with Gasteiger partial charge in [-0.25, -0.2) is 4.39 Å². The van der Waals surface area contributed by atoms with Crippen molar-refractivity contribution >= 4 is 0 Å². The molecule has 0 aliphatic heterocycles. The number of hydrogen-bond donors (Lipinski definition) is 1. The van der Waals surface area contributed by atoms with Crippen LogP contribution in [0.3, 0.4) is 0 Å². The Hall–Kier alpha value is -1.29. The van der Waals surface area contributed by atoms with Crippen LogP contribution >= 0.6 is 0 Å². The van der Waals surface area contributed by atoms with E-state index in [-0.39, 0.29) is 5.75 Å². The quantitative estimate of drug-likeness (QED) is 0.829. The van der Waals surface area contributed by atoms with E-state index < -0.39 is 11.4 Å². The predicted molar refractivity (Wildman–Crippen MR) is 54.6 cm³/mol. The first-order valence-corrected chi connectivity index (χ1v) is 4.81. The van der Waals surface area contributed by atoms with Crippen LogP contribution in [-0.2, 0) is 5.54 Å². The third-order valence-electron chi connectivity index (χ3n) is 2.80. The fourth-order valence-corrected chi connectivity index (χ4v) is 1.65. The van der Waals surface area contributed by atoms with Gasteiger partial charge in [-0.05, 0) is 18.9 Å². The van der Waals surface area contributed by atoms with Gasteiger partial charge < -0.3 is 15.2 Å². The Morgan fingerprint density at radius 3 is 2.27 bits per heavy atom. The third kappa shape index (κ3) is 1.65. The Morgan fingerprint density at radius 1 is 1.20 bits per heavy atom. The lowest BCUT2D eigenvalue weighted by Gasteiger charge is -2.15. The molecule has 0 spiro atoms. The molecule has 1 fully saturated rings. The molecule has 0 saturated heterocycles. The lowest BCUT2D eigenvalue weighted by molar-refractivity contribution is 0.369. The van der Waals surface area contributed by atoms with Gasteiger partial charge in [0.2, 0.25) is 0 Å². The standard InChI is InChI=1S/C11H14FNO2/c1-14-9-6-10(15-2)8(12)5-7(9)11(13)3-4-11/h5-6H,3-4,13H2,1-2H3. The van der Waals surface area contributed by atoms with E-state index in [0.717, 1.165) is 18.4 Å². The van der Waals surface area contributed by atoms with Crippen molar-refractivity contribution in [3.8, 4) is 11.5 Å². The molecular weight excluding hydrogens is 197 g/mol. The van der Waals surface area contributed by atoms with Crippen molar-refractivity contribution in [3.05, 3.63) is 23.5 Å². The molecule has 0 bridgehead atoms. The van der Waals surface area contributed by atoms with Crippen molar-refractivity contribution in [3.63, 3.8) is 0 Å². The Morgan fingerprint density at radius 2 is 1.80 bits per heavy atom. The molecule has 1 saturated carbocycles. The highest BCUT2D eigenvalue weighted by atomic mass is 19.1. The molecule has 0 heterocycles. The molecule has 1 aromatic rings. The van der Waals surface area contributed by atoms with Gasteiger partial charge in [0.05, 0.1) is 14.2 Å². The van der Waals surface area contributed by atoms with Crippen LogP contribution < -0.4 is 15.2 Å². The molecule has 2 rings (SSSR count). The van der Waals surface area contributed by atoms with Crippen LogP contribution in [0.1, 0.15) is 18.4 Å². The summed E-state index contributed by atoms with van der Waals surface area (Å²) in [6, 6.07) is 2.95. The van der Waals surface area contributed by atoms with Gasteiger partial charge in [-0.15, -0.1) is 0 Å². The van der Waals surface area contributed by atoms with E-state index in [0.29, 0.717) is 5.75 Å². The normalized spacial score (nSPS) is 17.3. The largest absolute Gasteiger partial charge is 0.496 e. The van der Waals surface area contributed by atoms with Crippen LogP contribution in [-0.4, -0.2) is 14.2 Å². The Labute approximate surface area is 88.0 Å². The van der Waals surface area contributed by atoms with Gasteiger partial charge in [0.15, 0.2) is 11.6 Å². The van der Waals surface area contributed by atoms with Crippen molar-refractivity contribution in [2.45, 2.75) is 18.4 Å². The molecule has 2 N–H and O–H groups in total. The Bertz CT molecular complexity index is 388. The zero-order chi connectivity index (χ0) is 11.1. The molecule has 0 unspecified atom stereocenters. The number of hydrogen-bond acceptors (Lipinski definition) is 3. The minimum Gasteiger partial charge on any atom is -0.496 e. The number of methoxy groups -OCH3 is 2. The monoisotopic (exact) mass is 211 g/mol. The van der Waals surface area contributed by atoms with Crippen LogP contribution in [0.25, 0.3) is 0 Å². The summed E-state index contributed by atoms with van der Waals surface area (Å²) in [4.78, 5) is 0. The van der Waals surface area contributed by atoms with Crippen molar-refractivity contribution in [1.29, 1.82) is 0 Å². The molecule has 4 heteroatoms. The molecule has 1 aromatic carbocycles. The van der Waals surface area contributed by atoms with Crippen molar-refractivity contribution < 1.29 is 13.9 Å². The fourth-order valence-electron chi connectivity index (χ4n) is 1.65. The van der Waals surface area contributed by atoms with Gasteiger partial charge in [0.1, 0.15) is 5.75 Å². The first-order valence-electron chi connectivity index (χ1n) is 4.81. The fraction of sp³-hybridized carbons (Fsp3) is 0.455. The highest BCUT2D eigenvalue weighted by Gasteiger charge is 2.42. The molecule has 1 aliphatic rings. The van der Waals surface area contributed by atoms with Gasteiger partial charge in [-0.1, -0.05) is 0 Å². The molecule has 0 radical (unpaired) electrons. The van der Waals surface area contributed by atoms with Gasteiger partial charge in [0, 0.05) is 17.2 Å².